The maximum absolute atomic E-state index is 12.8. The topological polar surface area (TPSA) is 55.6 Å². The largest absolute Gasteiger partial charge is 0.419 e. The van der Waals surface area contributed by atoms with Crippen LogP contribution in [0.4, 0.5) is 19.0 Å². The Morgan fingerprint density at radius 1 is 1.42 bits per heavy atom. The molecule has 0 radical (unpaired) electrons. The Bertz CT molecular complexity index is 581. The standard InChI is InChI=1S/C10H9BrF3N5/c1-19-5-17-18-8(19)4-16-9-7(10(12,13)14)2-6(11)3-15-9/h2-3,5H,4H2,1H3,(H,15,16). The van der Waals surface area contributed by atoms with Crippen molar-refractivity contribution in [1.82, 2.24) is 19.7 Å². The number of alkyl halides is 3. The van der Waals surface area contributed by atoms with Gasteiger partial charge in [0.25, 0.3) is 0 Å². The molecule has 0 saturated heterocycles. The van der Waals surface area contributed by atoms with E-state index in [0.717, 1.165) is 6.07 Å². The molecular weight excluding hydrogens is 327 g/mol. The molecule has 9 heteroatoms. The van der Waals surface area contributed by atoms with Crippen LogP contribution in [0.1, 0.15) is 11.4 Å². The second-order valence-corrected chi connectivity index (χ2v) is 4.67. The monoisotopic (exact) mass is 335 g/mol. The molecule has 0 unspecified atom stereocenters. The fourth-order valence-electron chi connectivity index (χ4n) is 1.43. The minimum Gasteiger partial charge on any atom is -0.362 e. The number of nitrogens with zero attached hydrogens (tertiary/aromatic N) is 4. The summed E-state index contributed by atoms with van der Waals surface area (Å²) in [6.07, 6.45) is -1.70. The van der Waals surface area contributed by atoms with Crippen LogP contribution < -0.4 is 5.32 Å². The number of hydrogen-bond acceptors (Lipinski definition) is 4. The molecule has 2 heterocycles. The smallest absolute Gasteiger partial charge is 0.362 e. The molecule has 2 aromatic heterocycles. The second-order valence-electron chi connectivity index (χ2n) is 3.76. The zero-order chi connectivity index (χ0) is 14.0. The summed E-state index contributed by atoms with van der Waals surface area (Å²) in [6.45, 7) is 0.105. The minimum absolute atomic E-state index is 0.105. The zero-order valence-electron chi connectivity index (χ0n) is 9.74. The van der Waals surface area contributed by atoms with Gasteiger partial charge >= 0.3 is 6.18 Å². The van der Waals surface area contributed by atoms with Crippen molar-refractivity contribution in [2.75, 3.05) is 5.32 Å². The number of rotatable bonds is 3. The van der Waals surface area contributed by atoms with E-state index >= 15 is 0 Å². The van der Waals surface area contributed by atoms with Crippen LogP contribution in [-0.2, 0) is 19.8 Å². The summed E-state index contributed by atoms with van der Waals surface area (Å²) < 4.78 is 40.4. The zero-order valence-corrected chi connectivity index (χ0v) is 11.3. The number of pyridine rings is 1. The van der Waals surface area contributed by atoms with Crippen LogP contribution >= 0.6 is 15.9 Å². The first-order valence-electron chi connectivity index (χ1n) is 5.17. The molecule has 0 fully saturated rings. The second kappa shape index (κ2) is 5.16. The number of halogens is 4. The van der Waals surface area contributed by atoms with Gasteiger partial charge in [0.1, 0.15) is 12.1 Å². The third kappa shape index (κ3) is 3.22. The molecule has 0 atom stereocenters. The Labute approximate surface area is 115 Å². The highest BCUT2D eigenvalue weighted by Gasteiger charge is 2.34. The van der Waals surface area contributed by atoms with Crippen molar-refractivity contribution < 1.29 is 13.2 Å². The summed E-state index contributed by atoms with van der Waals surface area (Å²) in [7, 11) is 1.71. The lowest BCUT2D eigenvalue weighted by Gasteiger charge is -2.13. The normalized spacial score (nSPS) is 11.6. The summed E-state index contributed by atoms with van der Waals surface area (Å²) in [4.78, 5) is 3.74. The van der Waals surface area contributed by atoms with Gasteiger partial charge in [0.15, 0.2) is 5.82 Å². The van der Waals surface area contributed by atoms with E-state index in [1.54, 1.807) is 11.6 Å². The van der Waals surface area contributed by atoms with Gasteiger partial charge < -0.3 is 9.88 Å². The first-order valence-corrected chi connectivity index (χ1v) is 5.96. The van der Waals surface area contributed by atoms with E-state index in [4.69, 9.17) is 0 Å². The van der Waals surface area contributed by atoms with Crippen LogP contribution in [0.2, 0.25) is 0 Å². The van der Waals surface area contributed by atoms with E-state index < -0.39 is 11.7 Å². The van der Waals surface area contributed by atoms with Gasteiger partial charge in [-0.3, -0.25) is 0 Å². The Morgan fingerprint density at radius 2 is 2.16 bits per heavy atom. The molecule has 0 saturated carbocycles. The SMILES string of the molecule is Cn1cnnc1CNc1ncc(Br)cc1C(F)(F)F. The molecule has 0 aromatic carbocycles. The molecule has 0 spiro atoms. The first kappa shape index (κ1) is 13.8. The quantitative estimate of drug-likeness (QED) is 0.936. The van der Waals surface area contributed by atoms with Crippen molar-refractivity contribution >= 4 is 21.7 Å². The molecule has 5 nitrogen and oxygen atoms in total. The van der Waals surface area contributed by atoms with Crippen LogP contribution in [0, 0.1) is 0 Å². The van der Waals surface area contributed by atoms with E-state index in [-0.39, 0.29) is 16.8 Å². The fraction of sp³-hybridized carbons (Fsp3) is 0.300. The number of nitrogens with one attached hydrogen (secondary N) is 1. The third-order valence-corrected chi connectivity index (χ3v) is 2.81. The van der Waals surface area contributed by atoms with Gasteiger partial charge in [-0.05, 0) is 22.0 Å². The molecule has 1 N–H and O–H groups in total. The number of hydrogen-bond donors (Lipinski definition) is 1. The summed E-state index contributed by atoms with van der Waals surface area (Å²) >= 11 is 2.97. The van der Waals surface area contributed by atoms with Crippen LogP contribution in [-0.4, -0.2) is 19.7 Å². The fourth-order valence-corrected chi connectivity index (χ4v) is 1.76. The van der Waals surface area contributed by atoms with E-state index in [0.29, 0.717) is 5.82 Å². The van der Waals surface area contributed by atoms with E-state index in [1.165, 1.54) is 12.5 Å². The van der Waals surface area contributed by atoms with E-state index in [1.807, 2.05) is 0 Å². The lowest BCUT2D eigenvalue weighted by Crippen LogP contribution is -2.14. The van der Waals surface area contributed by atoms with Crippen LogP contribution in [0.5, 0.6) is 0 Å². The van der Waals surface area contributed by atoms with Gasteiger partial charge in [-0.15, -0.1) is 10.2 Å². The molecule has 0 aliphatic rings. The van der Waals surface area contributed by atoms with Crippen LogP contribution in [0.25, 0.3) is 0 Å². The molecule has 19 heavy (non-hydrogen) atoms. The highest BCUT2D eigenvalue weighted by molar-refractivity contribution is 9.10. The van der Waals surface area contributed by atoms with Crippen molar-refractivity contribution in [3.63, 3.8) is 0 Å². The van der Waals surface area contributed by atoms with Crippen molar-refractivity contribution in [3.05, 3.63) is 34.5 Å². The van der Waals surface area contributed by atoms with Gasteiger partial charge in [-0.25, -0.2) is 4.98 Å². The van der Waals surface area contributed by atoms with Crippen molar-refractivity contribution in [3.8, 4) is 0 Å². The summed E-state index contributed by atoms with van der Waals surface area (Å²) in [6, 6.07) is 0.978. The van der Waals surface area contributed by atoms with Gasteiger partial charge in [-0.2, -0.15) is 13.2 Å². The van der Waals surface area contributed by atoms with E-state index in [9.17, 15) is 13.2 Å². The minimum atomic E-state index is -4.47. The lowest BCUT2D eigenvalue weighted by molar-refractivity contribution is -0.137. The molecule has 0 aliphatic heterocycles. The third-order valence-electron chi connectivity index (χ3n) is 2.38. The highest BCUT2D eigenvalue weighted by atomic mass is 79.9. The highest BCUT2D eigenvalue weighted by Crippen LogP contribution is 2.35. The Hall–Kier alpha value is -1.64. The summed E-state index contributed by atoms with van der Waals surface area (Å²) in [5.41, 5.74) is -0.830. The predicted octanol–water partition coefficient (Wildman–Crippen LogP) is 2.60. The number of aryl methyl sites for hydroxylation is 1. The maximum atomic E-state index is 12.8. The molecule has 2 rings (SSSR count). The van der Waals surface area contributed by atoms with Crippen LogP contribution in [0.15, 0.2) is 23.1 Å². The molecule has 0 amide bonds. The summed E-state index contributed by atoms with van der Waals surface area (Å²) in [5.74, 6) is 0.275. The molecule has 2 aromatic rings. The van der Waals surface area contributed by atoms with Crippen molar-refractivity contribution in [2.45, 2.75) is 12.7 Å². The van der Waals surface area contributed by atoms with Crippen molar-refractivity contribution in [2.24, 2.45) is 7.05 Å². The first-order chi connectivity index (χ1) is 8.88. The Balaban J connectivity index is 2.23. The van der Waals surface area contributed by atoms with Crippen molar-refractivity contribution in [1.29, 1.82) is 0 Å². The predicted molar refractivity (Wildman–Crippen MR) is 65.3 cm³/mol. The molecule has 0 bridgehead atoms. The number of aromatic nitrogens is 4. The van der Waals surface area contributed by atoms with Gasteiger partial charge in [0.05, 0.1) is 12.1 Å². The van der Waals surface area contributed by atoms with Gasteiger partial charge in [0, 0.05) is 17.7 Å². The average molecular weight is 336 g/mol. The molecule has 0 aliphatic carbocycles. The lowest BCUT2D eigenvalue weighted by atomic mass is 10.2. The molecule has 102 valence electrons. The number of anilines is 1. The van der Waals surface area contributed by atoms with Gasteiger partial charge in [-0.1, -0.05) is 0 Å². The molecular formula is C10H9BrF3N5. The van der Waals surface area contributed by atoms with Gasteiger partial charge in [0.2, 0.25) is 0 Å². The Kier molecular flexibility index (Phi) is 3.74. The maximum Gasteiger partial charge on any atom is 0.419 e. The average Bonchev–Trinajstić information content (AvgIpc) is 2.72. The van der Waals surface area contributed by atoms with E-state index in [2.05, 4.69) is 36.4 Å². The van der Waals surface area contributed by atoms with Crippen LogP contribution in [0.3, 0.4) is 0 Å². The summed E-state index contributed by atoms with van der Waals surface area (Å²) in [5, 5.41) is 10.0. The Morgan fingerprint density at radius 3 is 2.74 bits per heavy atom.